The number of ether oxygens (including phenoxy) is 5. The lowest BCUT2D eigenvalue weighted by Crippen LogP contribution is -2.45. The Labute approximate surface area is 409 Å². The lowest BCUT2D eigenvalue weighted by atomic mass is 9.93. The van der Waals surface area contributed by atoms with Crippen molar-refractivity contribution < 1.29 is 33.6 Å². The van der Waals surface area contributed by atoms with Crippen LogP contribution in [0.5, 0.6) is 28.9 Å². The molecular formula is C52H51ClN8O7S. The van der Waals surface area contributed by atoms with Crippen LogP contribution in [0, 0.1) is 6.92 Å². The van der Waals surface area contributed by atoms with Gasteiger partial charge >= 0.3 is 5.97 Å². The molecule has 1 saturated heterocycles. The highest BCUT2D eigenvalue weighted by molar-refractivity contribution is 7.13. The minimum atomic E-state index is -1.35. The number of hydrogen-bond acceptors (Lipinski definition) is 14. The Kier molecular flexibility index (Phi) is 14.6. The van der Waals surface area contributed by atoms with Gasteiger partial charge < -0.3 is 33.7 Å². The Morgan fingerprint density at radius 3 is 2.36 bits per heavy atom. The number of methoxy groups -OCH3 is 1. The van der Waals surface area contributed by atoms with E-state index >= 15 is 0 Å². The third-order valence-electron chi connectivity index (χ3n) is 12.0. The van der Waals surface area contributed by atoms with Gasteiger partial charge in [-0.05, 0) is 103 Å². The minimum Gasteiger partial charge on any atom is -0.496 e. The van der Waals surface area contributed by atoms with Gasteiger partial charge in [-0.3, -0.25) is 14.6 Å². The Balaban J connectivity index is 1.01. The summed E-state index contributed by atoms with van der Waals surface area (Å²) in [6.45, 7) is 7.66. The lowest BCUT2D eigenvalue weighted by molar-refractivity contribution is -0.145. The summed E-state index contributed by atoms with van der Waals surface area (Å²) >= 11 is 8.34. The number of likely N-dealkylation sites (N-methyl/N-ethyl adjacent to an activating group) is 1. The predicted octanol–water partition coefficient (Wildman–Crippen LogP) is 9.05. The molecular weight excluding hydrogens is 916 g/mol. The number of piperazine rings is 1. The maximum atomic E-state index is 13.2. The van der Waals surface area contributed by atoms with Crippen molar-refractivity contribution in [3.8, 4) is 62.7 Å². The van der Waals surface area contributed by atoms with Gasteiger partial charge in [0.1, 0.15) is 42.8 Å². The average molecular weight is 968 g/mol. The van der Waals surface area contributed by atoms with Crippen molar-refractivity contribution >= 4 is 39.2 Å². The zero-order valence-electron chi connectivity index (χ0n) is 38.7. The fourth-order valence-electron chi connectivity index (χ4n) is 8.19. The van der Waals surface area contributed by atoms with Gasteiger partial charge in [-0.2, -0.15) is 9.47 Å². The van der Waals surface area contributed by atoms with Gasteiger partial charge in [0.15, 0.2) is 5.82 Å². The minimum absolute atomic E-state index is 0.0287. The van der Waals surface area contributed by atoms with Gasteiger partial charge in [0.05, 0.1) is 44.9 Å². The van der Waals surface area contributed by atoms with Gasteiger partial charge in [-0.15, -0.1) is 0 Å². The van der Waals surface area contributed by atoms with Crippen LogP contribution in [0.2, 0.25) is 5.02 Å². The maximum absolute atomic E-state index is 13.2. The monoisotopic (exact) mass is 966 g/mol. The van der Waals surface area contributed by atoms with Crippen molar-refractivity contribution in [3.05, 3.63) is 143 Å². The zero-order chi connectivity index (χ0) is 47.9. The molecule has 4 aromatic carbocycles. The summed E-state index contributed by atoms with van der Waals surface area (Å²) in [6, 6.07) is 30.0. The molecule has 0 spiro atoms. The van der Waals surface area contributed by atoms with E-state index < -0.39 is 12.1 Å². The lowest BCUT2D eigenvalue weighted by Gasteiger charge is -2.32. The molecule has 354 valence electrons. The highest BCUT2D eigenvalue weighted by Crippen LogP contribution is 2.46. The van der Waals surface area contributed by atoms with E-state index in [2.05, 4.69) is 26.9 Å². The van der Waals surface area contributed by atoms with Gasteiger partial charge in [-0.1, -0.05) is 48.0 Å². The summed E-state index contributed by atoms with van der Waals surface area (Å²) in [4.78, 5) is 32.0. The molecule has 15 nitrogen and oxygen atoms in total. The van der Waals surface area contributed by atoms with Crippen molar-refractivity contribution in [2.24, 2.45) is 7.05 Å². The highest BCUT2D eigenvalue weighted by Gasteiger charge is 2.28. The molecule has 9 rings (SSSR count). The predicted molar refractivity (Wildman–Crippen MR) is 266 cm³/mol. The number of fused-ring (bicyclic) bond motifs is 1. The number of carbonyl (C=O) groups is 1. The van der Waals surface area contributed by atoms with E-state index in [-0.39, 0.29) is 18.9 Å². The Bertz CT molecular complexity index is 3070. The fraction of sp³-hybridized carbons (Fsp3) is 0.269. The molecule has 1 aliphatic rings. The molecule has 0 bridgehead atoms. The second kappa shape index (κ2) is 21.5. The molecule has 4 aromatic heterocycles. The van der Waals surface area contributed by atoms with Crippen LogP contribution in [-0.4, -0.2) is 110 Å². The quantitative estimate of drug-likeness (QED) is 0.0818. The topological polar surface area (TPSA) is 159 Å². The van der Waals surface area contributed by atoms with Crippen LogP contribution in [0.15, 0.2) is 116 Å². The summed E-state index contributed by atoms with van der Waals surface area (Å²) in [6.07, 6.45) is 3.90. The first-order chi connectivity index (χ1) is 33.6. The first kappa shape index (κ1) is 47.0. The van der Waals surface area contributed by atoms with Crippen LogP contribution in [0.1, 0.15) is 22.5 Å². The Hall–Kier alpha value is -7.11. The third-order valence-corrected chi connectivity index (χ3v) is 13.2. The molecule has 8 aromatic rings. The van der Waals surface area contributed by atoms with Gasteiger partial charge in [0.25, 0.3) is 0 Å². The van der Waals surface area contributed by atoms with E-state index in [4.69, 9.17) is 49.6 Å². The second-order valence-corrected chi connectivity index (χ2v) is 17.8. The van der Waals surface area contributed by atoms with Crippen LogP contribution in [0.4, 0.5) is 0 Å². The number of halogens is 1. The molecule has 0 saturated carbocycles. The molecule has 69 heavy (non-hydrogen) atoms. The summed E-state index contributed by atoms with van der Waals surface area (Å²) in [7, 11) is 5.61. The number of nitrogens with zero attached hydrogens (tertiary/aromatic N) is 8. The average Bonchev–Trinajstić information content (AvgIpc) is 3.99. The van der Waals surface area contributed by atoms with Crippen molar-refractivity contribution in [2.75, 3.05) is 53.5 Å². The van der Waals surface area contributed by atoms with E-state index in [0.717, 1.165) is 60.7 Å². The fourth-order valence-corrected chi connectivity index (χ4v) is 9.11. The first-order valence-corrected chi connectivity index (χ1v) is 23.7. The van der Waals surface area contributed by atoms with Gasteiger partial charge in [0.2, 0.25) is 12.0 Å². The van der Waals surface area contributed by atoms with E-state index in [0.29, 0.717) is 79.7 Å². The smallest absolute Gasteiger partial charge is 0.345 e. The summed E-state index contributed by atoms with van der Waals surface area (Å²) < 4.78 is 37.8. The molecule has 17 heteroatoms. The van der Waals surface area contributed by atoms with Crippen molar-refractivity contribution in [2.45, 2.75) is 32.7 Å². The SMILES string of the molecule is COc1ccccc1-c1nccc(COc2ccccc2C[C@@H](Oc2nsc3cnc(-c4ccc(OCc5ccn(C)n5)cc4)c(-c4ccc(OCCN5CCN(C)CC5)c(Cl)c4C)c23)C(=O)O)n1. The molecule has 1 atom stereocenters. The summed E-state index contributed by atoms with van der Waals surface area (Å²) in [5, 5.41) is 16.2. The maximum Gasteiger partial charge on any atom is 0.345 e. The van der Waals surface area contributed by atoms with Crippen LogP contribution < -0.4 is 23.7 Å². The van der Waals surface area contributed by atoms with Crippen LogP contribution in [0.25, 0.3) is 43.9 Å². The molecule has 0 aliphatic carbocycles. The normalized spacial score (nSPS) is 13.6. The number of para-hydroxylation sites is 2. The number of aromatic nitrogens is 6. The van der Waals surface area contributed by atoms with Crippen molar-refractivity contribution in [3.63, 3.8) is 0 Å². The molecule has 1 N–H and O–H groups in total. The molecule has 0 unspecified atom stereocenters. The van der Waals surface area contributed by atoms with Crippen LogP contribution >= 0.6 is 23.1 Å². The number of hydrogen-bond donors (Lipinski definition) is 1. The number of carboxylic acids is 1. The molecule has 5 heterocycles. The standard InChI is InChI=1S/C52H51ClN8O7S/c1-33-39(17-18-43(48(33)53)65-28-27-61-25-23-59(2)24-26-61)46-47-45(30-55-49(46)34-13-15-38(16-14-34)66-32-37-20-22-60(3)57-37)69-58-51(47)68-44(52(62)63)29-35-9-5-7-11-41(35)67-31-36-19-21-54-50(56-36)40-10-6-8-12-42(40)64-4/h5-22,30,44H,23-29,31-32H2,1-4H3,(H,62,63)/t44-/m1/s1. The van der Waals surface area contributed by atoms with E-state index in [1.165, 1.54) is 11.5 Å². The zero-order valence-corrected chi connectivity index (χ0v) is 40.2. The van der Waals surface area contributed by atoms with E-state index in [1.54, 1.807) is 36.3 Å². The molecule has 0 radical (unpaired) electrons. The first-order valence-electron chi connectivity index (χ1n) is 22.5. The number of rotatable bonds is 19. The summed E-state index contributed by atoms with van der Waals surface area (Å²) in [5.41, 5.74) is 6.44. The van der Waals surface area contributed by atoms with E-state index in [1.807, 2.05) is 105 Å². The second-order valence-electron chi connectivity index (χ2n) is 16.7. The third kappa shape index (κ3) is 10.9. The summed E-state index contributed by atoms with van der Waals surface area (Å²) in [5.74, 6) is 1.86. The van der Waals surface area contributed by atoms with Crippen molar-refractivity contribution in [1.82, 2.24) is 38.9 Å². The number of aryl methyl sites for hydroxylation is 1. The van der Waals surface area contributed by atoms with Crippen molar-refractivity contribution in [1.29, 1.82) is 0 Å². The van der Waals surface area contributed by atoms with E-state index in [9.17, 15) is 9.90 Å². The van der Waals surface area contributed by atoms with Crippen LogP contribution in [0.3, 0.4) is 0 Å². The number of carboxylic acid groups (broad SMARTS) is 1. The van der Waals surface area contributed by atoms with Gasteiger partial charge in [-0.25, -0.2) is 14.8 Å². The number of pyridine rings is 1. The number of aliphatic carboxylic acids is 1. The largest absolute Gasteiger partial charge is 0.496 e. The number of benzene rings is 4. The Morgan fingerprint density at radius 1 is 0.826 bits per heavy atom. The molecule has 1 aliphatic heterocycles. The van der Waals surface area contributed by atoms with Crippen LogP contribution in [-0.2, 0) is 31.5 Å². The molecule has 0 amide bonds. The highest BCUT2D eigenvalue weighted by atomic mass is 35.5. The Morgan fingerprint density at radius 2 is 1.59 bits per heavy atom. The van der Waals surface area contributed by atoms with Gasteiger partial charge in [0, 0.05) is 75.9 Å². The molecule has 1 fully saturated rings.